The average Bonchev–Trinajstić information content (AvgIpc) is 2.66. The van der Waals surface area contributed by atoms with Gasteiger partial charge in [-0.3, -0.25) is 0 Å². The Morgan fingerprint density at radius 2 is 1.37 bits per heavy atom. The number of rotatable bonds is 16. The first-order valence-electron chi connectivity index (χ1n) is 11.4. The molecule has 0 aliphatic heterocycles. The van der Waals surface area contributed by atoms with Crippen LogP contribution in [0.15, 0.2) is 24.3 Å². The van der Waals surface area contributed by atoms with Crippen molar-refractivity contribution in [1.82, 2.24) is 0 Å². The first-order valence-corrected chi connectivity index (χ1v) is 13.9. The molecular formula is C24H45NOP+. The molecule has 0 heterocycles. The summed E-state index contributed by atoms with van der Waals surface area (Å²) >= 11 is 0. The molecule has 0 amide bonds. The summed E-state index contributed by atoms with van der Waals surface area (Å²) < 4.78 is 6.21. The van der Waals surface area contributed by atoms with E-state index in [2.05, 4.69) is 52.0 Å². The number of hydrogen-bond acceptors (Lipinski definition) is 2. The van der Waals surface area contributed by atoms with Crippen LogP contribution in [0.1, 0.15) is 78.2 Å². The lowest BCUT2D eigenvalue weighted by molar-refractivity contribution is 0.314. The summed E-state index contributed by atoms with van der Waals surface area (Å²) in [6, 6.07) is 8.58. The van der Waals surface area contributed by atoms with Crippen molar-refractivity contribution >= 4 is 7.26 Å². The molecule has 0 radical (unpaired) electrons. The first kappa shape index (κ1) is 24.4. The van der Waals surface area contributed by atoms with E-state index < -0.39 is 7.26 Å². The van der Waals surface area contributed by atoms with Crippen LogP contribution in [-0.2, 0) is 6.42 Å². The fourth-order valence-corrected chi connectivity index (χ4v) is 9.00. The molecule has 156 valence electrons. The molecule has 1 unspecified atom stereocenters. The molecule has 0 aliphatic carbocycles. The lowest BCUT2D eigenvalue weighted by atomic mass is 10.1. The van der Waals surface area contributed by atoms with Gasteiger partial charge < -0.3 is 10.5 Å². The van der Waals surface area contributed by atoms with Crippen LogP contribution < -0.4 is 10.5 Å². The Morgan fingerprint density at radius 3 is 1.89 bits per heavy atom. The van der Waals surface area contributed by atoms with E-state index in [1.165, 1.54) is 75.2 Å². The highest BCUT2D eigenvalue weighted by Crippen LogP contribution is 2.61. The van der Waals surface area contributed by atoms with Crippen molar-refractivity contribution in [2.45, 2.75) is 85.1 Å². The summed E-state index contributed by atoms with van der Waals surface area (Å²) in [5, 5.41) is 0. The average molecular weight is 395 g/mol. The topological polar surface area (TPSA) is 35.2 Å². The maximum absolute atomic E-state index is 6.21. The van der Waals surface area contributed by atoms with Crippen molar-refractivity contribution in [3.63, 3.8) is 0 Å². The van der Waals surface area contributed by atoms with Crippen LogP contribution in [0.2, 0.25) is 0 Å². The lowest BCUT2D eigenvalue weighted by Crippen LogP contribution is -2.18. The molecule has 2 nitrogen and oxygen atoms in total. The fourth-order valence-electron chi connectivity index (χ4n) is 3.89. The zero-order valence-electron chi connectivity index (χ0n) is 18.5. The van der Waals surface area contributed by atoms with Crippen LogP contribution >= 0.6 is 7.26 Å². The van der Waals surface area contributed by atoms with Gasteiger partial charge >= 0.3 is 0 Å². The van der Waals surface area contributed by atoms with Gasteiger partial charge in [-0.25, -0.2) is 0 Å². The van der Waals surface area contributed by atoms with E-state index in [0.29, 0.717) is 0 Å². The maximum atomic E-state index is 6.21. The second-order valence-electron chi connectivity index (χ2n) is 8.29. The molecule has 2 N–H and O–H groups in total. The zero-order valence-corrected chi connectivity index (χ0v) is 19.4. The Hall–Kier alpha value is -0.590. The molecule has 1 atom stereocenters. The SMILES string of the molecule is CCCC[P+](CCCC)(CCCC)CCCOc1ccccc1CC(C)N. The largest absolute Gasteiger partial charge is 0.493 e. The van der Waals surface area contributed by atoms with Crippen LogP contribution in [0.3, 0.4) is 0 Å². The van der Waals surface area contributed by atoms with Crippen molar-refractivity contribution in [2.75, 3.05) is 31.3 Å². The number of para-hydroxylation sites is 1. The van der Waals surface area contributed by atoms with E-state index in [4.69, 9.17) is 10.5 Å². The molecule has 0 bridgehead atoms. The predicted molar refractivity (Wildman–Crippen MR) is 125 cm³/mol. The van der Waals surface area contributed by atoms with Crippen molar-refractivity contribution < 1.29 is 4.74 Å². The smallest absolute Gasteiger partial charge is 0.122 e. The Balaban J connectivity index is 2.63. The summed E-state index contributed by atoms with van der Waals surface area (Å²) in [5.74, 6) is 1.04. The van der Waals surface area contributed by atoms with Crippen LogP contribution in [0.4, 0.5) is 0 Å². The number of hydrogen-bond donors (Lipinski definition) is 1. The summed E-state index contributed by atoms with van der Waals surface area (Å²) in [6.07, 6.45) is 16.3. The highest BCUT2D eigenvalue weighted by Gasteiger charge is 2.34. The summed E-state index contributed by atoms with van der Waals surface area (Å²) in [5.41, 5.74) is 7.24. The molecule has 0 spiro atoms. The van der Waals surface area contributed by atoms with Gasteiger partial charge in [0.15, 0.2) is 0 Å². The molecule has 1 aromatic carbocycles. The second kappa shape index (κ2) is 14.4. The van der Waals surface area contributed by atoms with Crippen LogP contribution in [0.5, 0.6) is 5.75 Å². The van der Waals surface area contributed by atoms with Gasteiger partial charge in [-0.2, -0.15) is 0 Å². The standard InChI is InChI=1S/C24H45NOP/c1-5-8-17-27(18-9-6-2,19-10-7-3)20-13-16-26-24-15-12-11-14-23(24)21-22(4)25/h11-12,14-15,22H,5-10,13,16-21,25H2,1-4H3/q+1. The van der Waals surface area contributed by atoms with Crippen LogP contribution in [0, 0.1) is 0 Å². The quantitative estimate of drug-likeness (QED) is 0.248. The van der Waals surface area contributed by atoms with Gasteiger partial charge in [-0.15, -0.1) is 0 Å². The minimum atomic E-state index is -0.801. The molecule has 0 aliphatic rings. The molecule has 0 fully saturated rings. The van der Waals surface area contributed by atoms with E-state index in [1.54, 1.807) is 0 Å². The number of benzene rings is 1. The van der Waals surface area contributed by atoms with E-state index >= 15 is 0 Å². The number of ether oxygens (including phenoxy) is 1. The van der Waals surface area contributed by atoms with E-state index in [0.717, 1.165) is 18.8 Å². The third-order valence-electron chi connectivity index (χ3n) is 5.51. The molecule has 0 saturated heterocycles. The van der Waals surface area contributed by atoms with Crippen molar-refractivity contribution in [3.05, 3.63) is 29.8 Å². The van der Waals surface area contributed by atoms with Crippen molar-refractivity contribution in [1.29, 1.82) is 0 Å². The molecule has 27 heavy (non-hydrogen) atoms. The van der Waals surface area contributed by atoms with Crippen LogP contribution in [-0.4, -0.2) is 37.3 Å². The normalized spacial score (nSPS) is 12.9. The highest BCUT2D eigenvalue weighted by molar-refractivity contribution is 7.75. The fraction of sp³-hybridized carbons (Fsp3) is 0.750. The monoisotopic (exact) mass is 394 g/mol. The summed E-state index contributed by atoms with van der Waals surface area (Å²) in [4.78, 5) is 0. The minimum Gasteiger partial charge on any atom is -0.493 e. The van der Waals surface area contributed by atoms with Gasteiger partial charge in [0.05, 0.1) is 31.3 Å². The maximum Gasteiger partial charge on any atom is 0.122 e. The third kappa shape index (κ3) is 9.95. The Morgan fingerprint density at radius 1 is 0.852 bits per heavy atom. The van der Waals surface area contributed by atoms with Crippen LogP contribution in [0.25, 0.3) is 0 Å². The predicted octanol–water partition coefficient (Wildman–Crippen LogP) is 6.76. The molecule has 1 rings (SSSR count). The van der Waals surface area contributed by atoms with E-state index in [1.807, 2.05) is 0 Å². The van der Waals surface area contributed by atoms with Crippen molar-refractivity contribution in [3.8, 4) is 5.75 Å². The molecular weight excluding hydrogens is 349 g/mol. The lowest BCUT2D eigenvalue weighted by Gasteiger charge is -2.28. The van der Waals surface area contributed by atoms with Gasteiger partial charge in [0.25, 0.3) is 0 Å². The highest BCUT2D eigenvalue weighted by atomic mass is 31.2. The molecule has 0 aromatic heterocycles. The van der Waals surface area contributed by atoms with Gasteiger partial charge in [-0.1, -0.05) is 58.2 Å². The first-order chi connectivity index (χ1) is 13.1. The number of nitrogens with two attached hydrogens (primary N) is 1. The number of unbranched alkanes of at least 4 members (excludes halogenated alkanes) is 3. The summed E-state index contributed by atoms with van der Waals surface area (Å²) in [7, 11) is -0.801. The molecule has 1 aromatic rings. The van der Waals surface area contributed by atoms with Gasteiger partial charge in [-0.05, 0) is 44.2 Å². The van der Waals surface area contributed by atoms with Gasteiger partial charge in [0, 0.05) is 19.7 Å². The molecule has 0 saturated carbocycles. The minimum absolute atomic E-state index is 0.172. The Labute approximate surface area is 170 Å². The summed E-state index contributed by atoms with van der Waals surface area (Å²) in [6.45, 7) is 9.93. The Kier molecular flexibility index (Phi) is 13.1. The Bertz CT molecular complexity index is 467. The molecule has 3 heteroatoms. The van der Waals surface area contributed by atoms with Gasteiger partial charge in [0.2, 0.25) is 0 Å². The van der Waals surface area contributed by atoms with Gasteiger partial charge in [0.1, 0.15) is 5.75 Å². The van der Waals surface area contributed by atoms with E-state index in [9.17, 15) is 0 Å². The van der Waals surface area contributed by atoms with Crippen molar-refractivity contribution in [2.24, 2.45) is 5.73 Å². The van der Waals surface area contributed by atoms with E-state index in [-0.39, 0.29) is 6.04 Å². The zero-order chi connectivity index (χ0) is 20.0. The third-order valence-corrected chi connectivity index (χ3v) is 10.6. The second-order valence-corrected chi connectivity index (χ2v) is 12.8.